The molecular formula is C15H11F18NO4S. The van der Waals surface area contributed by atoms with Gasteiger partial charge in [0.15, 0.2) is 5.70 Å². The van der Waals surface area contributed by atoms with Crippen LogP contribution in [0.1, 0.15) is 26.7 Å². The molecule has 0 aliphatic rings. The first kappa shape index (κ1) is 36.7. The van der Waals surface area contributed by atoms with Crippen molar-refractivity contribution in [2.45, 2.75) is 73.7 Å². The monoisotopic (exact) mass is 643 g/mol. The van der Waals surface area contributed by atoms with Crippen molar-refractivity contribution in [2.24, 2.45) is 0 Å². The SMILES string of the molecule is CCC(CC)=C(C(=O)O)N(F)S(=O)(=O)C(F)(F)C(F)(F)C(F)(F)C(F)(F)C(F)(F)C(F)(F)C(F)(F)C(F)(F)F. The first-order chi connectivity index (χ1) is 16.8. The van der Waals surface area contributed by atoms with Gasteiger partial charge in [0, 0.05) is 0 Å². The summed E-state index contributed by atoms with van der Waals surface area (Å²) in [5.41, 5.74) is -3.61. The third kappa shape index (κ3) is 4.82. The lowest BCUT2D eigenvalue weighted by atomic mass is 9.91. The van der Waals surface area contributed by atoms with Gasteiger partial charge in [0.25, 0.3) is 0 Å². The lowest BCUT2D eigenvalue weighted by molar-refractivity contribution is -0.458. The summed E-state index contributed by atoms with van der Waals surface area (Å²) in [5, 5.41) is 0.570. The van der Waals surface area contributed by atoms with E-state index in [1.807, 2.05) is 0 Å². The van der Waals surface area contributed by atoms with Crippen LogP contribution in [-0.4, -0.2) is 71.0 Å². The lowest BCUT2D eigenvalue weighted by Gasteiger charge is -2.42. The molecule has 0 saturated carbocycles. The van der Waals surface area contributed by atoms with E-state index in [0.29, 0.717) is 0 Å². The Labute approximate surface area is 204 Å². The summed E-state index contributed by atoms with van der Waals surface area (Å²) >= 11 is 0. The number of carboxylic acids is 1. The zero-order chi connectivity index (χ0) is 32.2. The van der Waals surface area contributed by atoms with Crippen molar-refractivity contribution in [3.8, 4) is 0 Å². The van der Waals surface area contributed by atoms with Crippen LogP contribution in [0.15, 0.2) is 11.3 Å². The molecular weight excluding hydrogens is 632 g/mol. The first-order valence-corrected chi connectivity index (χ1v) is 10.6. The van der Waals surface area contributed by atoms with Gasteiger partial charge < -0.3 is 5.11 Å². The minimum atomic E-state index is -9.09. The van der Waals surface area contributed by atoms with Crippen LogP contribution in [-0.2, 0) is 14.8 Å². The van der Waals surface area contributed by atoms with Gasteiger partial charge in [-0.25, -0.2) is 4.79 Å². The smallest absolute Gasteiger partial charge is 0.460 e. The Bertz CT molecular complexity index is 1070. The maximum absolute atomic E-state index is 14.2. The molecule has 0 spiro atoms. The maximum Gasteiger partial charge on any atom is 0.460 e. The van der Waals surface area contributed by atoms with E-state index < -0.39 is 91.6 Å². The number of halogens is 18. The molecule has 0 aliphatic heterocycles. The number of carbonyl (C=O) groups is 1. The highest BCUT2D eigenvalue weighted by atomic mass is 32.2. The molecule has 0 radical (unpaired) electrons. The Balaban J connectivity index is 7.31. The first-order valence-electron chi connectivity index (χ1n) is 9.12. The molecule has 0 aromatic heterocycles. The van der Waals surface area contributed by atoms with Gasteiger partial charge in [-0.1, -0.05) is 22.9 Å². The molecule has 0 aliphatic carbocycles. The fraction of sp³-hybridized carbons (Fsp3) is 0.800. The van der Waals surface area contributed by atoms with Crippen molar-refractivity contribution >= 4 is 16.0 Å². The van der Waals surface area contributed by atoms with Crippen LogP contribution in [0.2, 0.25) is 0 Å². The van der Waals surface area contributed by atoms with E-state index >= 15 is 0 Å². The average molecular weight is 643 g/mol. The van der Waals surface area contributed by atoms with Gasteiger partial charge in [-0.2, -0.15) is 83.1 Å². The number of aliphatic carboxylic acids is 1. The molecule has 0 rings (SSSR count). The van der Waals surface area contributed by atoms with E-state index in [4.69, 9.17) is 5.11 Å². The normalized spacial score (nSPS) is 15.3. The standard InChI is InChI=1S/C15H11F18NO4S/c1-3-5(4-2)6(7(35)36)34(33)39(37,38)15(31,32)13(26,27)11(22,23)9(18,19)8(16,17)10(20,21)12(24,25)14(28,29)30/h3-4H2,1-2H3,(H,35,36). The topological polar surface area (TPSA) is 74.7 Å². The Kier molecular flexibility index (Phi) is 9.37. The third-order valence-electron chi connectivity index (χ3n) is 4.80. The number of rotatable bonds is 12. The van der Waals surface area contributed by atoms with Gasteiger partial charge in [0.2, 0.25) is 0 Å². The van der Waals surface area contributed by atoms with Gasteiger partial charge in [0.05, 0.1) is 0 Å². The predicted octanol–water partition coefficient (Wildman–Crippen LogP) is 6.63. The molecule has 0 fully saturated rings. The van der Waals surface area contributed by atoms with E-state index in [-0.39, 0.29) is 0 Å². The number of hydrogen-bond donors (Lipinski definition) is 1. The summed E-state index contributed by atoms with van der Waals surface area (Å²) in [5.74, 6) is -56.0. The summed E-state index contributed by atoms with van der Waals surface area (Å²) in [6, 6.07) is 0. The Morgan fingerprint density at radius 3 is 1.15 bits per heavy atom. The largest absolute Gasteiger partial charge is 0.476 e. The van der Waals surface area contributed by atoms with Crippen LogP contribution in [0, 0.1) is 0 Å². The number of hydrogen-bond acceptors (Lipinski definition) is 3. The second-order valence-electron chi connectivity index (χ2n) is 7.15. The molecule has 0 aromatic carbocycles. The van der Waals surface area contributed by atoms with Crippen LogP contribution >= 0.6 is 0 Å². The fourth-order valence-corrected chi connectivity index (χ4v) is 3.57. The number of carboxylic acid groups (broad SMARTS) is 1. The molecule has 0 amide bonds. The van der Waals surface area contributed by atoms with Crippen LogP contribution < -0.4 is 0 Å². The van der Waals surface area contributed by atoms with Crippen molar-refractivity contribution in [2.75, 3.05) is 0 Å². The molecule has 0 heterocycles. The van der Waals surface area contributed by atoms with Crippen LogP contribution in [0.25, 0.3) is 0 Å². The van der Waals surface area contributed by atoms with Crippen LogP contribution in [0.5, 0.6) is 0 Å². The second-order valence-corrected chi connectivity index (χ2v) is 8.93. The summed E-state index contributed by atoms with van der Waals surface area (Å²) in [6.07, 6.45) is -9.59. The van der Waals surface area contributed by atoms with E-state index in [2.05, 4.69) is 0 Å². The number of sulfonamides is 1. The molecule has 0 atom stereocenters. The predicted molar refractivity (Wildman–Crippen MR) is 87.8 cm³/mol. The van der Waals surface area contributed by atoms with E-state index in [9.17, 15) is 92.3 Å². The molecule has 5 nitrogen and oxygen atoms in total. The molecule has 24 heteroatoms. The molecule has 0 saturated heterocycles. The van der Waals surface area contributed by atoms with Gasteiger partial charge in [-0.3, -0.25) is 0 Å². The van der Waals surface area contributed by atoms with Crippen LogP contribution in [0.3, 0.4) is 0 Å². The van der Waals surface area contributed by atoms with Crippen molar-refractivity contribution in [3.05, 3.63) is 11.3 Å². The summed E-state index contributed by atoms with van der Waals surface area (Å²) in [6.45, 7) is 1.70. The highest BCUT2D eigenvalue weighted by Gasteiger charge is 2.96. The number of alkyl halides is 17. The molecule has 39 heavy (non-hydrogen) atoms. The number of nitrogens with zero attached hydrogens (tertiary/aromatic N) is 1. The quantitative estimate of drug-likeness (QED) is 0.147. The molecule has 0 aromatic rings. The summed E-state index contributed by atoms with van der Waals surface area (Å²) in [7, 11) is -8.41. The molecule has 0 unspecified atom stereocenters. The Hall–Kier alpha value is -2.30. The zero-order valence-corrected chi connectivity index (χ0v) is 19.1. The minimum Gasteiger partial charge on any atom is -0.476 e. The summed E-state index contributed by atoms with van der Waals surface area (Å²) in [4.78, 5) is 11.0. The molecule has 0 bridgehead atoms. The van der Waals surface area contributed by atoms with Gasteiger partial charge in [0.1, 0.15) is 0 Å². The highest BCUT2D eigenvalue weighted by Crippen LogP contribution is 2.64. The zero-order valence-electron chi connectivity index (χ0n) is 18.2. The Morgan fingerprint density at radius 2 is 0.897 bits per heavy atom. The molecule has 232 valence electrons. The van der Waals surface area contributed by atoms with E-state index in [0.717, 1.165) is 13.8 Å². The van der Waals surface area contributed by atoms with Gasteiger partial charge in [-0.05, 0) is 18.4 Å². The van der Waals surface area contributed by atoms with Crippen molar-refractivity contribution < 1.29 is 97.4 Å². The van der Waals surface area contributed by atoms with Gasteiger partial charge in [-0.15, -0.1) is 0 Å². The minimum absolute atomic E-state index is 0.807. The maximum atomic E-state index is 14.2. The third-order valence-corrected chi connectivity index (χ3v) is 6.30. The van der Waals surface area contributed by atoms with E-state index in [1.54, 1.807) is 0 Å². The lowest BCUT2D eigenvalue weighted by Crippen LogP contribution is -2.75. The fourth-order valence-electron chi connectivity index (χ4n) is 2.47. The summed E-state index contributed by atoms with van der Waals surface area (Å²) < 4.78 is 260. The van der Waals surface area contributed by atoms with E-state index in [1.165, 1.54) is 0 Å². The molecule has 1 N–H and O–H groups in total. The van der Waals surface area contributed by atoms with Crippen molar-refractivity contribution in [1.29, 1.82) is 0 Å². The highest BCUT2D eigenvalue weighted by molar-refractivity contribution is 7.90. The number of allylic oxidation sites excluding steroid dienone is 1. The Morgan fingerprint density at radius 1 is 0.615 bits per heavy atom. The average Bonchev–Trinajstić information content (AvgIpc) is 2.74. The second kappa shape index (κ2) is 9.96. The van der Waals surface area contributed by atoms with Crippen molar-refractivity contribution in [3.63, 3.8) is 0 Å². The van der Waals surface area contributed by atoms with Gasteiger partial charge >= 0.3 is 63.0 Å². The van der Waals surface area contributed by atoms with Crippen molar-refractivity contribution in [1.82, 2.24) is 4.53 Å². The van der Waals surface area contributed by atoms with Crippen LogP contribution in [0.4, 0.5) is 79.1 Å².